The molecule has 0 N–H and O–H groups in total. The fraction of sp³-hybridized carbons (Fsp3) is 0.944. The standard InChI is InChI=1S/C54H104O6/c1-6-8-9-10-11-12-13-20-23-29-34-39-44-52(55)58-47-51(60-54(57)46-41-36-31-26-25-28-33-38-43-50(5)7-2)48-59-53(56)45-40-35-30-24-21-18-16-14-15-17-19-22-27-32-37-42-49(3)4/h49-51H,6-48H2,1-5H3/t50?,51-/m0/s1. The molecule has 2 atom stereocenters. The molecule has 0 aromatic carbocycles. The lowest BCUT2D eigenvalue weighted by Gasteiger charge is -2.18. The van der Waals surface area contributed by atoms with Crippen LogP contribution in [0.25, 0.3) is 0 Å². The van der Waals surface area contributed by atoms with Gasteiger partial charge in [0.25, 0.3) is 0 Å². The maximum absolute atomic E-state index is 12.8. The van der Waals surface area contributed by atoms with Gasteiger partial charge < -0.3 is 14.2 Å². The Morgan fingerprint density at radius 1 is 0.350 bits per heavy atom. The molecular weight excluding hydrogens is 745 g/mol. The first kappa shape index (κ1) is 58.4. The van der Waals surface area contributed by atoms with Crippen molar-refractivity contribution in [2.24, 2.45) is 11.8 Å². The van der Waals surface area contributed by atoms with Crippen LogP contribution in [0.4, 0.5) is 0 Å². The van der Waals surface area contributed by atoms with Crippen molar-refractivity contribution in [3.63, 3.8) is 0 Å². The van der Waals surface area contributed by atoms with Crippen molar-refractivity contribution in [3.05, 3.63) is 0 Å². The SMILES string of the molecule is CCCCCCCCCCCCCCC(=O)OC[C@@H](COC(=O)CCCCCCCCCCCCCCCCCC(C)C)OC(=O)CCCCCCCCCCC(C)CC. The summed E-state index contributed by atoms with van der Waals surface area (Å²) in [6.45, 7) is 11.4. The van der Waals surface area contributed by atoms with E-state index >= 15 is 0 Å². The molecule has 0 fully saturated rings. The van der Waals surface area contributed by atoms with Gasteiger partial charge in [-0.2, -0.15) is 0 Å². The summed E-state index contributed by atoms with van der Waals surface area (Å²) in [4.78, 5) is 38.0. The van der Waals surface area contributed by atoms with Crippen LogP contribution >= 0.6 is 0 Å². The van der Waals surface area contributed by atoms with Crippen molar-refractivity contribution >= 4 is 17.9 Å². The smallest absolute Gasteiger partial charge is 0.306 e. The molecule has 0 aliphatic rings. The minimum absolute atomic E-state index is 0.0637. The third kappa shape index (κ3) is 45.9. The first-order chi connectivity index (χ1) is 29.3. The van der Waals surface area contributed by atoms with Gasteiger partial charge in [-0.25, -0.2) is 0 Å². The summed E-state index contributed by atoms with van der Waals surface area (Å²) in [6.07, 6.45) is 48.0. The number of rotatable bonds is 48. The second kappa shape index (κ2) is 46.9. The van der Waals surface area contributed by atoms with E-state index in [1.165, 1.54) is 186 Å². The Kier molecular flexibility index (Phi) is 45.7. The molecule has 0 heterocycles. The molecule has 0 saturated heterocycles. The molecule has 0 saturated carbocycles. The summed E-state index contributed by atoms with van der Waals surface area (Å²) < 4.78 is 16.8. The Bertz CT molecular complexity index is 918. The monoisotopic (exact) mass is 849 g/mol. The summed E-state index contributed by atoms with van der Waals surface area (Å²) in [5.41, 5.74) is 0. The van der Waals surface area contributed by atoms with Gasteiger partial charge >= 0.3 is 17.9 Å². The predicted molar refractivity (Wildman–Crippen MR) is 256 cm³/mol. The maximum Gasteiger partial charge on any atom is 0.306 e. The molecular formula is C54H104O6. The highest BCUT2D eigenvalue weighted by Gasteiger charge is 2.19. The first-order valence-corrected chi connectivity index (χ1v) is 26.8. The van der Waals surface area contributed by atoms with Gasteiger partial charge in [0, 0.05) is 19.3 Å². The molecule has 0 aliphatic heterocycles. The third-order valence-corrected chi connectivity index (χ3v) is 12.6. The van der Waals surface area contributed by atoms with Crippen LogP contribution in [0.5, 0.6) is 0 Å². The van der Waals surface area contributed by atoms with Crippen LogP contribution in [0, 0.1) is 11.8 Å². The summed E-state index contributed by atoms with van der Waals surface area (Å²) in [7, 11) is 0. The topological polar surface area (TPSA) is 78.9 Å². The van der Waals surface area contributed by atoms with E-state index in [9.17, 15) is 14.4 Å². The molecule has 0 rings (SSSR count). The van der Waals surface area contributed by atoms with Gasteiger partial charge in [-0.3, -0.25) is 14.4 Å². The summed E-state index contributed by atoms with van der Waals surface area (Å²) in [5, 5.41) is 0. The van der Waals surface area contributed by atoms with Crippen molar-refractivity contribution in [3.8, 4) is 0 Å². The van der Waals surface area contributed by atoms with Gasteiger partial charge in [0.15, 0.2) is 6.10 Å². The molecule has 0 aliphatic carbocycles. The minimum Gasteiger partial charge on any atom is -0.462 e. The molecule has 60 heavy (non-hydrogen) atoms. The zero-order valence-electron chi connectivity index (χ0n) is 41.1. The fourth-order valence-corrected chi connectivity index (χ4v) is 8.13. The molecule has 0 amide bonds. The molecule has 6 heteroatoms. The quantitative estimate of drug-likeness (QED) is 0.0345. The number of carbonyl (C=O) groups is 3. The van der Waals surface area contributed by atoms with Crippen LogP contribution < -0.4 is 0 Å². The van der Waals surface area contributed by atoms with Crippen LogP contribution in [-0.2, 0) is 28.6 Å². The van der Waals surface area contributed by atoms with Crippen LogP contribution in [0.15, 0.2) is 0 Å². The molecule has 356 valence electrons. The Labute approximate surface area is 374 Å². The van der Waals surface area contributed by atoms with Crippen molar-refractivity contribution < 1.29 is 28.6 Å². The molecule has 6 nitrogen and oxygen atoms in total. The number of hydrogen-bond donors (Lipinski definition) is 0. The largest absolute Gasteiger partial charge is 0.462 e. The van der Waals surface area contributed by atoms with E-state index in [-0.39, 0.29) is 31.1 Å². The number of esters is 3. The fourth-order valence-electron chi connectivity index (χ4n) is 8.13. The zero-order valence-corrected chi connectivity index (χ0v) is 41.1. The van der Waals surface area contributed by atoms with Gasteiger partial charge in [0.05, 0.1) is 0 Å². The average molecular weight is 849 g/mol. The van der Waals surface area contributed by atoms with Crippen molar-refractivity contribution in [1.29, 1.82) is 0 Å². The minimum atomic E-state index is -0.762. The second-order valence-electron chi connectivity index (χ2n) is 19.2. The van der Waals surface area contributed by atoms with E-state index in [0.717, 1.165) is 69.6 Å². The van der Waals surface area contributed by atoms with E-state index in [1.807, 2.05) is 0 Å². The normalized spacial score (nSPS) is 12.5. The molecule has 1 unspecified atom stereocenters. The van der Waals surface area contributed by atoms with Gasteiger partial charge in [-0.15, -0.1) is 0 Å². The van der Waals surface area contributed by atoms with Gasteiger partial charge in [0.2, 0.25) is 0 Å². The van der Waals surface area contributed by atoms with E-state index < -0.39 is 6.10 Å². The highest BCUT2D eigenvalue weighted by atomic mass is 16.6. The lowest BCUT2D eigenvalue weighted by molar-refractivity contribution is -0.167. The van der Waals surface area contributed by atoms with E-state index in [2.05, 4.69) is 34.6 Å². The van der Waals surface area contributed by atoms with Gasteiger partial charge in [0.1, 0.15) is 13.2 Å². The lowest BCUT2D eigenvalue weighted by Crippen LogP contribution is -2.30. The van der Waals surface area contributed by atoms with Crippen molar-refractivity contribution in [2.75, 3.05) is 13.2 Å². The summed E-state index contributed by atoms with van der Waals surface area (Å²) in [5.74, 6) is 0.847. The molecule has 0 spiro atoms. The van der Waals surface area contributed by atoms with Gasteiger partial charge in [-0.05, 0) is 31.1 Å². The lowest BCUT2D eigenvalue weighted by atomic mass is 9.99. The number of hydrogen-bond acceptors (Lipinski definition) is 6. The Balaban J connectivity index is 4.27. The summed E-state index contributed by atoms with van der Waals surface area (Å²) >= 11 is 0. The van der Waals surface area contributed by atoms with E-state index in [0.29, 0.717) is 19.3 Å². The Morgan fingerprint density at radius 3 is 0.950 bits per heavy atom. The summed E-state index contributed by atoms with van der Waals surface area (Å²) in [6, 6.07) is 0. The molecule has 0 radical (unpaired) electrons. The predicted octanol–water partition coefficient (Wildman–Crippen LogP) is 17.3. The number of carbonyl (C=O) groups excluding carboxylic acids is 3. The number of ether oxygens (including phenoxy) is 3. The van der Waals surface area contributed by atoms with Crippen LogP contribution in [0.3, 0.4) is 0 Å². The third-order valence-electron chi connectivity index (χ3n) is 12.6. The van der Waals surface area contributed by atoms with Crippen molar-refractivity contribution in [2.45, 2.75) is 304 Å². The molecule has 0 bridgehead atoms. The Morgan fingerprint density at radius 2 is 0.633 bits per heavy atom. The van der Waals surface area contributed by atoms with Crippen molar-refractivity contribution in [1.82, 2.24) is 0 Å². The second-order valence-corrected chi connectivity index (χ2v) is 19.2. The van der Waals surface area contributed by atoms with Crippen LogP contribution in [0.1, 0.15) is 298 Å². The Hall–Kier alpha value is -1.59. The first-order valence-electron chi connectivity index (χ1n) is 26.8. The zero-order chi connectivity index (χ0) is 44.0. The molecule has 0 aromatic heterocycles. The van der Waals surface area contributed by atoms with Crippen LogP contribution in [0.2, 0.25) is 0 Å². The molecule has 0 aromatic rings. The average Bonchev–Trinajstić information content (AvgIpc) is 3.23. The number of unbranched alkanes of at least 4 members (excludes halogenated alkanes) is 32. The van der Waals surface area contributed by atoms with E-state index in [1.54, 1.807) is 0 Å². The highest BCUT2D eigenvalue weighted by molar-refractivity contribution is 5.71. The van der Waals surface area contributed by atoms with E-state index in [4.69, 9.17) is 14.2 Å². The highest BCUT2D eigenvalue weighted by Crippen LogP contribution is 2.18. The van der Waals surface area contributed by atoms with Gasteiger partial charge in [-0.1, -0.05) is 259 Å². The van der Waals surface area contributed by atoms with Crippen LogP contribution in [-0.4, -0.2) is 37.2 Å². The maximum atomic E-state index is 12.8.